The summed E-state index contributed by atoms with van der Waals surface area (Å²) in [5.74, 6) is 0. The Bertz CT molecular complexity index is 20.5. The summed E-state index contributed by atoms with van der Waals surface area (Å²) < 4.78 is 0. The van der Waals surface area contributed by atoms with E-state index in [0.717, 1.165) is 6.42 Å². The van der Waals surface area contributed by atoms with E-state index in [-0.39, 0.29) is 31.3 Å². The van der Waals surface area contributed by atoms with Gasteiger partial charge in [0.05, 0.1) is 0 Å². The van der Waals surface area contributed by atoms with Gasteiger partial charge >= 0.3 is 0 Å². The van der Waals surface area contributed by atoms with Gasteiger partial charge in [0, 0.05) is 25.8 Å². The summed E-state index contributed by atoms with van der Waals surface area (Å²) >= 11 is 0. The quantitative estimate of drug-likeness (QED) is 0.427. The first-order valence-electron chi connectivity index (χ1n) is 2.71. The van der Waals surface area contributed by atoms with Gasteiger partial charge in [0.2, 0.25) is 0 Å². The van der Waals surface area contributed by atoms with Gasteiger partial charge in [-0.25, -0.2) is 0 Å². The fourth-order valence-electron chi connectivity index (χ4n) is 0.427. The van der Waals surface area contributed by atoms with E-state index in [4.69, 9.17) is 0 Å². The minimum atomic E-state index is 0. The van der Waals surface area contributed by atoms with Crippen molar-refractivity contribution in [3.8, 4) is 0 Å². The molecule has 0 heterocycles. The fourth-order valence-corrected chi connectivity index (χ4v) is 0.427. The standard InChI is InChI=1S/C6H13.Hf.H2O/c1-3-5-6-4-2;;/h1,3-6H2,2H3;;1H2/q-1;;. The molecule has 2 heteroatoms. The van der Waals surface area contributed by atoms with Crippen LogP contribution in [0, 0.1) is 6.92 Å². The summed E-state index contributed by atoms with van der Waals surface area (Å²) in [6.45, 7) is 5.93. The molecule has 50 valence electrons. The zero-order valence-electron chi connectivity index (χ0n) is 5.54. The van der Waals surface area contributed by atoms with Gasteiger partial charge in [-0.15, -0.1) is 0 Å². The molecule has 0 aromatic carbocycles. The summed E-state index contributed by atoms with van der Waals surface area (Å²) in [6, 6.07) is 0. The number of hydrogen-bond acceptors (Lipinski definition) is 0. The zero-order chi connectivity index (χ0) is 4.83. The molecule has 0 spiro atoms. The average molecular weight is 282 g/mol. The van der Waals surface area contributed by atoms with Gasteiger partial charge < -0.3 is 12.4 Å². The van der Waals surface area contributed by atoms with Crippen molar-refractivity contribution < 1.29 is 31.3 Å². The van der Waals surface area contributed by atoms with E-state index in [0.29, 0.717) is 0 Å². The molecular formula is C6H15HfO-. The topological polar surface area (TPSA) is 31.5 Å². The molecule has 0 saturated carbocycles. The molecule has 0 aliphatic carbocycles. The molecule has 0 bridgehead atoms. The molecule has 0 saturated heterocycles. The van der Waals surface area contributed by atoms with Crippen molar-refractivity contribution in [2.75, 3.05) is 0 Å². The number of hydrogen-bond donors (Lipinski definition) is 0. The number of unbranched alkanes of at least 4 members (excludes halogenated alkanes) is 3. The van der Waals surface area contributed by atoms with Crippen LogP contribution < -0.4 is 0 Å². The Balaban J connectivity index is -0.000000125. The van der Waals surface area contributed by atoms with Gasteiger partial charge in [0.25, 0.3) is 0 Å². The summed E-state index contributed by atoms with van der Waals surface area (Å²) in [4.78, 5) is 0. The van der Waals surface area contributed by atoms with E-state index in [2.05, 4.69) is 13.8 Å². The van der Waals surface area contributed by atoms with E-state index in [1.54, 1.807) is 0 Å². The molecule has 0 fully saturated rings. The Hall–Kier alpha value is 0.830. The van der Waals surface area contributed by atoms with E-state index < -0.39 is 0 Å². The van der Waals surface area contributed by atoms with Crippen molar-refractivity contribution in [2.24, 2.45) is 0 Å². The average Bonchev–Trinajstić information content (AvgIpc) is 1.61. The molecule has 2 N–H and O–H groups in total. The van der Waals surface area contributed by atoms with Crippen LogP contribution in [0.3, 0.4) is 0 Å². The van der Waals surface area contributed by atoms with Crippen molar-refractivity contribution in [1.29, 1.82) is 0 Å². The maximum atomic E-state index is 3.72. The molecule has 0 aliphatic heterocycles. The van der Waals surface area contributed by atoms with Crippen LogP contribution in [0.2, 0.25) is 0 Å². The van der Waals surface area contributed by atoms with Crippen LogP contribution in [0.25, 0.3) is 0 Å². The molecule has 0 aliphatic rings. The second-order valence-corrected chi connectivity index (χ2v) is 1.56. The summed E-state index contributed by atoms with van der Waals surface area (Å²) in [7, 11) is 0. The van der Waals surface area contributed by atoms with Crippen molar-refractivity contribution >= 4 is 0 Å². The third kappa shape index (κ3) is 15.8. The third-order valence-corrected chi connectivity index (χ3v) is 0.854. The maximum Gasteiger partial charge on any atom is 0 e. The Morgan fingerprint density at radius 1 is 1.25 bits per heavy atom. The van der Waals surface area contributed by atoms with Crippen LogP contribution in [-0.4, -0.2) is 5.48 Å². The SMILES string of the molecule is O.[CH2-]CCCCC.[Hf]. The summed E-state index contributed by atoms with van der Waals surface area (Å²) in [5.41, 5.74) is 0. The maximum absolute atomic E-state index is 3.72. The van der Waals surface area contributed by atoms with Gasteiger partial charge in [0.15, 0.2) is 0 Å². The Kier molecular flexibility index (Phi) is 31.2. The van der Waals surface area contributed by atoms with Gasteiger partial charge in [-0.3, -0.25) is 0 Å². The number of rotatable bonds is 3. The largest absolute Gasteiger partial charge is 0.412 e. The van der Waals surface area contributed by atoms with Crippen molar-refractivity contribution in [3.05, 3.63) is 6.92 Å². The first kappa shape index (κ1) is 15.9. The summed E-state index contributed by atoms with van der Waals surface area (Å²) in [6.07, 6.45) is 5.07. The molecule has 0 amide bonds. The first-order valence-corrected chi connectivity index (χ1v) is 2.71. The van der Waals surface area contributed by atoms with Crippen molar-refractivity contribution in [2.45, 2.75) is 32.6 Å². The zero-order valence-corrected chi connectivity index (χ0v) is 9.13. The van der Waals surface area contributed by atoms with Gasteiger partial charge in [-0.05, 0) is 0 Å². The molecule has 8 heavy (non-hydrogen) atoms. The van der Waals surface area contributed by atoms with E-state index in [1.807, 2.05) is 0 Å². The molecule has 0 aromatic heterocycles. The minimum absolute atomic E-state index is 0. The minimum Gasteiger partial charge on any atom is -0.412 e. The van der Waals surface area contributed by atoms with Crippen LogP contribution in [0.5, 0.6) is 0 Å². The predicted octanol–water partition coefficient (Wildman–Crippen LogP) is 1.57. The van der Waals surface area contributed by atoms with E-state index in [9.17, 15) is 0 Å². The molecule has 0 rings (SSSR count). The molecule has 0 unspecified atom stereocenters. The molecule has 0 radical (unpaired) electrons. The molecule has 0 atom stereocenters. The van der Waals surface area contributed by atoms with E-state index >= 15 is 0 Å². The van der Waals surface area contributed by atoms with Crippen LogP contribution in [0.4, 0.5) is 0 Å². The Morgan fingerprint density at radius 3 is 1.88 bits per heavy atom. The smallest absolute Gasteiger partial charge is 0 e. The van der Waals surface area contributed by atoms with Crippen molar-refractivity contribution in [3.63, 3.8) is 0 Å². The fraction of sp³-hybridized carbons (Fsp3) is 0.833. The Morgan fingerprint density at radius 2 is 1.75 bits per heavy atom. The van der Waals surface area contributed by atoms with Crippen LogP contribution in [-0.2, 0) is 25.8 Å². The van der Waals surface area contributed by atoms with E-state index in [1.165, 1.54) is 19.3 Å². The predicted molar refractivity (Wildman–Crippen MR) is 33.1 cm³/mol. The molecular weight excluding hydrogens is 267 g/mol. The van der Waals surface area contributed by atoms with Crippen molar-refractivity contribution in [1.82, 2.24) is 0 Å². The van der Waals surface area contributed by atoms with Gasteiger partial charge in [-0.1, -0.05) is 26.2 Å². The van der Waals surface area contributed by atoms with Gasteiger partial charge in [0.1, 0.15) is 0 Å². The molecule has 0 aromatic rings. The normalized spacial score (nSPS) is 6.75. The second kappa shape index (κ2) is 15.7. The summed E-state index contributed by atoms with van der Waals surface area (Å²) in [5, 5.41) is 0. The Labute approximate surface area is 71.0 Å². The van der Waals surface area contributed by atoms with Crippen LogP contribution in [0.1, 0.15) is 32.6 Å². The molecule has 1 nitrogen and oxygen atoms in total. The third-order valence-electron chi connectivity index (χ3n) is 0.854. The first-order chi connectivity index (χ1) is 2.91. The van der Waals surface area contributed by atoms with Gasteiger partial charge in [-0.2, -0.15) is 6.42 Å². The van der Waals surface area contributed by atoms with Crippen LogP contribution >= 0.6 is 0 Å². The second-order valence-electron chi connectivity index (χ2n) is 1.56. The van der Waals surface area contributed by atoms with Crippen LogP contribution in [0.15, 0.2) is 0 Å². The monoisotopic (exact) mass is 283 g/mol.